The monoisotopic (exact) mass is 399 g/mol. The second-order valence-electron chi connectivity index (χ2n) is 7.87. The van der Waals surface area contributed by atoms with Crippen LogP contribution in [0.15, 0.2) is 22.4 Å². The quantitative estimate of drug-likeness (QED) is 0.646. The maximum atomic E-state index is 12.4. The standard InChI is InChI=1S/C20H25N5O2S/c1-13(2)3-4-15-11-28-20(22-15)16-10-21-25-17(9-18(27)23-19(16)25)14-5-7-24(12-26)8-6-14/h9-14H,3-8H2,1-2H3,(H,23,27). The van der Waals surface area contributed by atoms with Gasteiger partial charge in [-0.2, -0.15) is 5.10 Å². The van der Waals surface area contributed by atoms with Gasteiger partial charge in [0.2, 0.25) is 6.41 Å². The summed E-state index contributed by atoms with van der Waals surface area (Å²) in [4.78, 5) is 32.8. The smallest absolute Gasteiger partial charge is 0.251 e. The molecule has 0 bridgehead atoms. The normalized spacial score (nSPS) is 15.6. The van der Waals surface area contributed by atoms with Gasteiger partial charge in [0.25, 0.3) is 5.56 Å². The SMILES string of the molecule is CC(C)CCc1csc(-c2cnn3c(C4CCN(C=O)CC4)cc(=O)[nH]c23)n1. The average molecular weight is 400 g/mol. The van der Waals surface area contributed by atoms with Crippen molar-refractivity contribution in [1.82, 2.24) is 24.5 Å². The van der Waals surface area contributed by atoms with E-state index in [1.54, 1.807) is 28.5 Å². The maximum absolute atomic E-state index is 12.4. The summed E-state index contributed by atoms with van der Waals surface area (Å²) in [5.74, 6) is 0.860. The highest BCUT2D eigenvalue weighted by molar-refractivity contribution is 7.13. The Kier molecular flexibility index (Phi) is 5.30. The fourth-order valence-corrected chi connectivity index (χ4v) is 4.61. The van der Waals surface area contributed by atoms with Gasteiger partial charge in [-0.3, -0.25) is 9.59 Å². The lowest BCUT2D eigenvalue weighted by atomic mass is 9.93. The number of amides is 1. The first-order chi connectivity index (χ1) is 13.5. The summed E-state index contributed by atoms with van der Waals surface area (Å²) in [5, 5.41) is 7.55. The molecule has 0 spiro atoms. The first-order valence-corrected chi connectivity index (χ1v) is 10.7. The third kappa shape index (κ3) is 3.73. The predicted octanol–water partition coefficient (Wildman–Crippen LogP) is 3.07. The largest absolute Gasteiger partial charge is 0.345 e. The van der Waals surface area contributed by atoms with Crippen LogP contribution >= 0.6 is 11.3 Å². The van der Waals surface area contributed by atoms with Crippen molar-refractivity contribution in [1.29, 1.82) is 0 Å². The van der Waals surface area contributed by atoms with Crippen molar-refractivity contribution < 1.29 is 4.79 Å². The highest BCUT2D eigenvalue weighted by Crippen LogP contribution is 2.31. The minimum atomic E-state index is -0.126. The molecule has 1 aliphatic rings. The Hall–Kier alpha value is -2.48. The van der Waals surface area contributed by atoms with Gasteiger partial charge >= 0.3 is 0 Å². The highest BCUT2D eigenvalue weighted by Gasteiger charge is 2.24. The number of nitrogens with one attached hydrogen (secondary N) is 1. The summed E-state index contributed by atoms with van der Waals surface area (Å²) in [6.45, 7) is 5.85. The molecule has 0 radical (unpaired) electrons. The Morgan fingerprint density at radius 2 is 2.14 bits per heavy atom. The lowest BCUT2D eigenvalue weighted by Gasteiger charge is -2.29. The van der Waals surface area contributed by atoms with Crippen LogP contribution in [-0.4, -0.2) is 44.0 Å². The highest BCUT2D eigenvalue weighted by atomic mass is 32.1. The molecule has 0 unspecified atom stereocenters. The molecule has 0 aromatic carbocycles. The first kappa shape index (κ1) is 18.9. The zero-order valence-electron chi connectivity index (χ0n) is 16.2. The molecule has 1 saturated heterocycles. The molecule has 7 nitrogen and oxygen atoms in total. The van der Waals surface area contributed by atoms with Crippen LogP contribution < -0.4 is 5.56 Å². The number of piperidine rings is 1. The van der Waals surface area contributed by atoms with Gasteiger partial charge in [-0.15, -0.1) is 11.3 Å². The number of aromatic nitrogens is 4. The van der Waals surface area contributed by atoms with Crippen LogP contribution in [0.4, 0.5) is 0 Å². The Labute approximate surface area is 167 Å². The van der Waals surface area contributed by atoms with Gasteiger partial charge in [-0.25, -0.2) is 9.50 Å². The second-order valence-corrected chi connectivity index (χ2v) is 8.73. The van der Waals surface area contributed by atoms with E-state index in [1.165, 1.54) is 0 Å². The van der Waals surface area contributed by atoms with Gasteiger partial charge in [-0.1, -0.05) is 13.8 Å². The molecule has 1 N–H and O–H groups in total. The zero-order chi connectivity index (χ0) is 19.7. The molecule has 148 valence electrons. The van der Waals surface area contributed by atoms with Crippen molar-refractivity contribution in [3.05, 3.63) is 39.4 Å². The Balaban J connectivity index is 1.66. The Bertz CT molecular complexity index is 1030. The summed E-state index contributed by atoms with van der Waals surface area (Å²) >= 11 is 1.59. The number of nitrogens with zero attached hydrogens (tertiary/aromatic N) is 4. The Morgan fingerprint density at radius 3 is 2.86 bits per heavy atom. The molecular weight excluding hydrogens is 374 g/mol. The molecule has 1 fully saturated rings. The van der Waals surface area contributed by atoms with Crippen molar-refractivity contribution in [2.75, 3.05) is 13.1 Å². The number of hydrogen-bond donors (Lipinski definition) is 1. The van der Waals surface area contributed by atoms with E-state index in [1.807, 2.05) is 4.52 Å². The van der Waals surface area contributed by atoms with E-state index in [9.17, 15) is 9.59 Å². The van der Waals surface area contributed by atoms with Crippen LogP contribution in [0.5, 0.6) is 0 Å². The number of thiazole rings is 1. The van der Waals surface area contributed by atoms with Crippen LogP contribution in [-0.2, 0) is 11.2 Å². The molecule has 4 heterocycles. The fraction of sp³-hybridized carbons (Fsp3) is 0.500. The zero-order valence-corrected chi connectivity index (χ0v) is 17.0. The Morgan fingerprint density at radius 1 is 1.36 bits per heavy atom. The number of carbonyl (C=O) groups excluding carboxylic acids is 1. The van der Waals surface area contributed by atoms with Crippen molar-refractivity contribution in [3.8, 4) is 10.6 Å². The molecule has 28 heavy (non-hydrogen) atoms. The summed E-state index contributed by atoms with van der Waals surface area (Å²) in [6.07, 6.45) is 6.43. The number of rotatable bonds is 6. The van der Waals surface area contributed by atoms with Crippen molar-refractivity contribution >= 4 is 23.4 Å². The van der Waals surface area contributed by atoms with Gasteiger partial charge in [-0.05, 0) is 31.6 Å². The van der Waals surface area contributed by atoms with Gasteiger partial charge in [0.1, 0.15) is 10.7 Å². The molecule has 3 aromatic heterocycles. The summed E-state index contributed by atoms with van der Waals surface area (Å²) in [7, 11) is 0. The van der Waals surface area contributed by atoms with Gasteiger partial charge in [0, 0.05) is 30.5 Å². The lowest BCUT2D eigenvalue weighted by Crippen LogP contribution is -2.32. The minimum Gasteiger partial charge on any atom is -0.345 e. The number of aromatic amines is 1. The van der Waals surface area contributed by atoms with Crippen LogP contribution in [0, 0.1) is 5.92 Å². The van der Waals surface area contributed by atoms with Crippen LogP contribution in [0.3, 0.4) is 0 Å². The molecule has 4 rings (SSSR count). The van der Waals surface area contributed by atoms with Crippen molar-refractivity contribution in [3.63, 3.8) is 0 Å². The van der Waals surface area contributed by atoms with E-state index in [4.69, 9.17) is 4.98 Å². The molecule has 0 aliphatic carbocycles. The topological polar surface area (TPSA) is 83.4 Å². The van der Waals surface area contributed by atoms with Gasteiger partial charge < -0.3 is 9.88 Å². The van der Waals surface area contributed by atoms with E-state index >= 15 is 0 Å². The molecule has 1 aliphatic heterocycles. The van der Waals surface area contributed by atoms with E-state index in [2.05, 4.69) is 29.3 Å². The minimum absolute atomic E-state index is 0.126. The summed E-state index contributed by atoms with van der Waals surface area (Å²) in [5.41, 5.74) is 3.44. The average Bonchev–Trinajstić information content (AvgIpc) is 3.32. The molecule has 1 amide bonds. The summed E-state index contributed by atoms with van der Waals surface area (Å²) < 4.78 is 1.84. The van der Waals surface area contributed by atoms with E-state index in [0.717, 1.165) is 54.1 Å². The lowest BCUT2D eigenvalue weighted by molar-refractivity contribution is -0.119. The number of carbonyl (C=O) groups is 1. The van der Waals surface area contributed by atoms with E-state index in [0.29, 0.717) is 24.7 Å². The van der Waals surface area contributed by atoms with Crippen molar-refractivity contribution in [2.24, 2.45) is 5.92 Å². The number of likely N-dealkylation sites (tertiary alicyclic amines) is 1. The predicted molar refractivity (Wildman–Crippen MR) is 110 cm³/mol. The fourth-order valence-electron chi connectivity index (χ4n) is 3.74. The first-order valence-electron chi connectivity index (χ1n) is 9.80. The molecule has 0 atom stereocenters. The number of hydrogen-bond acceptors (Lipinski definition) is 5. The van der Waals surface area contributed by atoms with E-state index in [-0.39, 0.29) is 11.5 Å². The number of aryl methyl sites for hydroxylation is 1. The van der Waals surface area contributed by atoms with Crippen LogP contribution in [0.2, 0.25) is 0 Å². The number of H-pyrrole nitrogens is 1. The van der Waals surface area contributed by atoms with E-state index < -0.39 is 0 Å². The van der Waals surface area contributed by atoms with Crippen LogP contribution in [0.25, 0.3) is 16.2 Å². The van der Waals surface area contributed by atoms with Crippen LogP contribution in [0.1, 0.15) is 50.4 Å². The summed E-state index contributed by atoms with van der Waals surface area (Å²) in [6, 6.07) is 1.64. The molecule has 3 aromatic rings. The van der Waals surface area contributed by atoms with Crippen molar-refractivity contribution in [2.45, 2.75) is 45.4 Å². The van der Waals surface area contributed by atoms with Gasteiger partial charge in [0.15, 0.2) is 0 Å². The van der Waals surface area contributed by atoms with Gasteiger partial charge in [0.05, 0.1) is 23.1 Å². The molecule has 0 saturated carbocycles. The third-order valence-corrected chi connectivity index (χ3v) is 6.32. The number of fused-ring (bicyclic) bond motifs is 1. The maximum Gasteiger partial charge on any atom is 0.251 e. The second kappa shape index (κ2) is 7.87. The molecular formula is C20H25N5O2S. The molecule has 8 heteroatoms. The third-order valence-electron chi connectivity index (χ3n) is 5.39.